The summed E-state index contributed by atoms with van der Waals surface area (Å²) in [5, 5.41) is 3.69. The van der Waals surface area contributed by atoms with Gasteiger partial charge < -0.3 is 10.3 Å². The largest absolute Gasteiger partial charge is 0.367 e. The second-order valence-electron chi connectivity index (χ2n) is 4.24. The average molecular weight is 230 g/mol. The molecule has 0 atom stereocenters. The van der Waals surface area contributed by atoms with Crippen molar-refractivity contribution >= 4 is 5.88 Å². The maximum atomic E-state index is 5.69. The minimum atomic E-state index is 0.375. The van der Waals surface area contributed by atoms with E-state index >= 15 is 0 Å². The molecule has 0 bridgehead atoms. The van der Waals surface area contributed by atoms with Crippen molar-refractivity contribution in [2.24, 2.45) is 0 Å². The van der Waals surface area contributed by atoms with Gasteiger partial charge in [-0.15, -0.1) is 0 Å². The first-order valence-electron chi connectivity index (χ1n) is 6.06. The Balaban J connectivity index is 2.27. The number of nitrogens with two attached hydrogens (primary N) is 1. The summed E-state index contributed by atoms with van der Waals surface area (Å²) in [5.74, 6) is 1.02. The SMILES string of the molecule is CCC(CC)c1ccc(-c2cnoc2N)cc1. The summed E-state index contributed by atoms with van der Waals surface area (Å²) in [6.07, 6.45) is 4.00. The fourth-order valence-corrected chi connectivity index (χ4v) is 2.16. The van der Waals surface area contributed by atoms with E-state index in [4.69, 9.17) is 10.3 Å². The molecule has 0 aliphatic heterocycles. The van der Waals surface area contributed by atoms with Crippen molar-refractivity contribution in [3.05, 3.63) is 36.0 Å². The minimum Gasteiger partial charge on any atom is -0.367 e. The molecule has 2 aromatic rings. The van der Waals surface area contributed by atoms with Crippen molar-refractivity contribution in [1.82, 2.24) is 5.16 Å². The second-order valence-corrected chi connectivity index (χ2v) is 4.24. The van der Waals surface area contributed by atoms with Gasteiger partial charge in [-0.25, -0.2) is 0 Å². The Hall–Kier alpha value is -1.77. The molecule has 0 aliphatic rings. The van der Waals surface area contributed by atoms with E-state index in [0.717, 1.165) is 11.1 Å². The summed E-state index contributed by atoms with van der Waals surface area (Å²) < 4.78 is 4.87. The third-order valence-electron chi connectivity index (χ3n) is 3.28. The van der Waals surface area contributed by atoms with Gasteiger partial charge in [0.25, 0.3) is 0 Å². The molecule has 2 N–H and O–H groups in total. The number of hydrogen-bond acceptors (Lipinski definition) is 3. The number of nitrogen functional groups attached to an aromatic ring is 1. The zero-order chi connectivity index (χ0) is 12.3. The number of hydrogen-bond donors (Lipinski definition) is 1. The van der Waals surface area contributed by atoms with Crippen LogP contribution in [-0.4, -0.2) is 5.16 Å². The number of benzene rings is 1. The van der Waals surface area contributed by atoms with Crippen LogP contribution >= 0.6 is 0 Å². The van der Waals surface area contributed by atoms with Gasteiger partial charge in [0.05, 0.1) is 11.8 Å². The van der Waals surface area contributed by atoms with E-state index in [-0.39, 0.29) is 0 Å². The van der Waals surface area contributed by atoms with Crippen LogP contribution in [0.25, 0.3) is 11.1 Å². The van der Waals surface area contributed by atoms with E-state index in [9.17, 15) is 0 Å². The van der Waals surface area contributed by atoms with Gasteiger partial charge in [-0.3, -0.25) is 0 Å². The molecular weight excluding hydrogens is 212 g/mol. The van der Waals surface area contributed by atoms with Gasteiger partial charge in [0.1, 0.15) is 0 Å². The van der Waals surface area contributed by atoms with Crippen LogP contribution in [0.2, 0.25) is 0 Å². The van der Waals surface area contributed by atoms with Crippen molar-refractivity contribution in [3.8, 4) is 11.1 Å². The summed E-state index contributed by atoms with van der Waals surface area (Å²) in [6.45, 7) is 4.44. The fourth-order valence-electron chi connectivity index (χ4n) is 2.16. The molecule has 90 valence electrons. The van der Waals surface area contributed by atoms with Crippen LogP contribution < -0.4 is 5.73 Å². The van der Waals surface area contributed by atoms with Crippen LogP contribution in [0.15, 0.2) is 35.0 Å². The molecule has 1 aromatic carbocycles. The molecule has 0 spiro atoms. The van der Waals surface area contributed by atoms with Gasteiger partial charge >= 0.3 is 0 Å². The lowest BCUT2D eigenvalue weighted by molar-refractivity contribution is 0.436. The summed E-state index contributed by atoms with van der Waals surface area (Å²) in [6, 6.07) is 8.49. The topological polar surface area (TPSA) is 52.0 Å². The highest BCUT2D eigenvalue weighted by Gasteiger charge is 2.09. The number of nitrogens with zero attached hydrogens (tertiary/aromatic N) is 1. The van der Waals surface area contributed by atoms with Crippen molar-refractivity contribution in [2.75, 3.05) is 5.73 Å². The third-order valence-corrected chi connectivity index (χ3v) is 3.28. The first-order valence-corrected chi connectivity index (χ1v) is 6.06. The highest BCUT2D eigenvalue weighted by atomic mass is 16.5. The zero-order valence-corrected chi connectivity index (χ0v) is 10.3. The lowest BCUT2D eigenvalue weighted by Crippen LogP contribution is -1.95. The molecule has 0 saturated carbocycles. The summed E-state index contributed by atoms with van der Waals surface area (Å²) >= 11 is 0. The molecular formula is C14H18N2O. The lowest BCUT2D eigenvalue weighted by Gasteiger charge is -2.12. The van der Waals surface area contributed by atoms with Gasteiger partial charge in [0, 0.05) is 0 Å². The molecule has 0 aliphatic carbocycles. The molecule has 0 fully saturated rings. The molecule has 0 unspecified atom stereocenters. The van der Waals surface area contributed by atoms with E-state index in [1.807, 2.05) is 0 Å². The van der Waals surface area contributed by atoms with Gasteiger partial charge in [0.2, 0.25) is 5.88 Å². The highest BCUT2D eigenvalue weighted by molar-refractivity contribution is 5.71. The van der Waals surface area contributed by atoms with E-state index in [1.54, 1.807) is 6.20 Å². The van der Waals surface area contributed by atoms with Gasteiger partial charge in [-0.1, -0.05) is 43.3 Å². The van der Waals surface area contributed by atoms with E-state index < -0.39 is 0 Å². The second kappa shape index (κ2) is 5.04. The van der Waals surface area contributed by atoms with Crippen LogP contribution in [-0.2, 0) is 0 Å². The number of aromatic nitrogens is 1. The van der Waals surface area contributed by atoms with Crippen LogP contribution in [0.4, 0.5) is 5.88 Å². The molecule has 3 nitrogen and oxygen atoms in total. The molecule has 3 heteroatoms. The monoisotopic (exact) mass is 230 g/mol. The molecule has 1 heterocycles. The van der Waals surface area contributed by atoms with Gasteiger partial charge in [-0.2, -0.15) is 0 Å². The van der Waals surface area contributed by atoms with Crippen LogP contribution in [0.1, 0.15) is 38.2 Å². The first kappa shape index (κ1) is 11.7. The molecule has 0 radical (unpaired) electrons. The maximum Gasteiger partial charge on any atom is 0.229 e. The van der Waals surface area contributed by atoms with Crippen LogP contribution in [0.5, 0.6) is 0 Å². The van der Waals surface area contributed by atoms with Crippen molar-refractivity contribution in [2.45, 2.75) is 32.6 Å². The van der Waals surface area contributed by atoms with Crippen LogP contribution in [0, 0.1) is 0 Å². The standard InChI is InChI=1S/C14H18N2O/c1-3-10(4-2)11-5-7-12(8-6-11)13-9-16-17-14(13)15/h5-10H,3-4,15H2,1-2H3. The van der Waals surface area contributed by atoms with Crippen molar-refractivity contribution in [1.29, 1.82) is 0 Å². The predicted octanol–water partition coefficient (Wildman–Crippen LogP) is 3.83. The maximum absolute atomic E-state index is 5.69. The zero-order valence-electron chi connectivity index (χ0n) is 10.3. The normalized spacial score (nSPS) is 11.0. The first-order chi connectivity index (χ1) is 8.26. The summed E-state index contributed by atoms with van der Waals surface area (Å²) in [7, 11) is 0. The molecule has 0 saturated heterocycles. The summed E-state index contributed by atoms with van der Waals surface area (Å²) in [4.78, 5) is 0. The summed E-state index contributed by atoms with van der Waals surface area (Å²) in [5.41, 5.74) is 8.99. The fraction of sp³-hybridized carbons (Fsp3) is 0.357. The predicted molar refractivity (Wildman–Crippen MR) is 69.7 cm³/mol. The highest BCUT2D eigenvalue weighted by Crippen LogP contribution is 2.28. The Labute approximate surface area is 102 Å². The Morgan fingerprint density at radius 1 is 1.18 bits per heavy atom. The minimum absolute atomic E-state index is 0.375. The third kappa shape index (κ3) is 2.33. The Kier molecular flexibility index (Phi) is 3.47. The quantitative estimate of drug-likeness (QED) is 0.868. The Morgan fingerprint density at radius 3 is 2.29 bits per heavy atom. The van der Waals surface area contributed by atoms with E-state index in [0.29, 0.717) is 11.8 Å². The average Bonchev–Trinajstić information content (AvgIpc) is 2.78. The molecule has 17 heavy (non-hydrogen) atoms. The van der Waals surface area contributed by atoms with E-state index in [2.05, 4.69) is 43.3 Å². The molecule has 2 rings (SSSR count). The van der Waals surface area contributed by atoms with Crippen molar-refractivity contribution in [3.63, 3.8) is 0 Å². The van der Waals surface area contributed by atoms with Crippen molar-refractivity contribution < 1.29 is 4.52 Å². The lowest BCUT2D eigenvalue weighted by atomic mass is 9.93. The molecule has 1 aromatic heterocycles. The number of rotatable bonds is 4. The van der Waals surface area contributed by atoms with Gasteiger partial charge in [0.15, 0.2) is 0 Å². The number of anilines is 1. The smallest absolute Gasteiger partial charge is 0.229 e. The Morgan fingerprint density at radius 2 is 1.82 bits per heavy atom. The molecule has 0 amide bonds. The van der Waals surface area contributed by atoms with Gasteiger partial charge in [-0.05, 0) is 29.9 Å². The van der Waals surface area contributed by atoms with Crippen LogP contribution in [0.3, 0.4) is 0 Å². The van der Waals surface area contributed by atoms with E-state index in [1.165, 1.54) is 18.4 Å². The Bertz CT molecular complexity index is 469.